The second-order valence-corrected chi connectivity index (χ2v) is 4.64. The van der Waals surface area contributed by atoms with Gasteiger partial charge in [-0.3, -0.25) is 29.5 Å². The van der Waals surface area contributed by atoms with Crippen molar-refractivity contribution in [3.8, 4) is 0 Å². The van der Waals surface area contributed by atoms with Gasteiger partial charge in [0, 0.05) is 38.1 Å². The van der Waals surface area contributed by atoms with E-state index < -0.39 is 0 Å². The number of hydrogen-bond donors (Lipinski definition) is 3. The topological polar surface area (TPSA) is 122 Å². The van der Waals surface area contributed by atoms with Crippen LogP contribution in [-0.2, 0) is 19.2 Å². The third-order valence-corrected chi connectivity index (χ3v) is 3.03. The molecule has 0 fully saturated rings. The minimum Gasteiger partial charge on any atom is -0.356 e. The Morgan fingerprint density at radius 1 is 1.00 bits per heavy atom. The fraction of sp³-hybridized carbons (Fsp3) is 0.538. The first kappa shape index (κ1) is 16.8. The van der Waals surface area contributed by atoms with Crippen molar-refractivity contribution in [2.45, 2.75) is 32.1 Å². The SMILES string of the molecule is NNC(=O)CCCCCNC(=O)CCN1C(=O)C=CC1=O. The van der Waals surface area contributed by atoms with Gasteiger partial charge in [-0.05, 0) is 12.8 Å². The summed E-state index contributed by atoms with van der Waals surface area (Å²) < 4.78 is 0. The molecule has 0 aliphatic carbocycles. The Morgan fingerprint density at radius 2 is 1.67 bits per heavy atom. The first-order valence-electron chi connectivity index (χ1n) is 6.84. The molecule has 0 aromatic carbocycles. The van der Waals surface area contributed by atoms with Gasteiger partial charge in [0.25, 0.3) is 11.8 Å². The largest absolute Gasteiger partial charge is 0.356 e. The van der Waals surface area contributed by atoms with Crippen LogP contribution < -0.4 is 16.6 Å². The first-order valence-corrected chi connectivity index (χ1v) is 6.84. The Balaban J connectivity index is 2.03. The predicted molar refractivity (Wildman–Crippen MR) is 74.3 cm³/mol. The van der Waals surface area contributed by atoms with Crippen LogP contribution in [0.4, 0.5) is 0 Å². The second kappa shape index (κ2) is 8.85. The zero-order valence-electron chi connectivity index (χ0n) is 11.8. The van der Waals surface area contributed by atoms with Gasteiger partial charge in [-0.1, -0.05) is 6.42 Å². The van der Waals surface area contributed by atoms with Gasteiger partial charge in [0.2, 0.25) is 11.8 Å². The maximum Gasteiger partial charge on any atom is 0.253 e. The summed E-state index contributed by atoms with van der Waals surface area (Å²) in [5, 5.41) is 2.70. The predicted octanol–water partition coefficient (Wildman–Crippen LogP) is -1.03. The Bertz CT molecular complexity index is 429. The Morgan fingerprint density at radius 3 is 2.29 bits per heavy atom. The second-order valence-electron chi connectivity index (χ2n) is 4.64. The molecule has 21 heavy (non-hydrogen) atoms. The van der Waals surface area contributed by atoms with Gasteiger partial charge in [0.15, 0.2) is 0 Å². The Kier molecular flexibility index (Phi) is 7.10. The van der Waals surface area contributed by atoms with Gasteiger partial charge >= 0.3 is 0 Å². The molecule has 0 aromatic heterocycles. The molecule has 0 unspecified atom stereocenters. The van der Waals surface area contributed by atoms with E-state index in [9.17, 15) is 19.2 Å². The lowest BCUT2D eigenvalue weighted by Gasteiger charge is -2.13. The molecular weight excluding hydrogens is 276 g/mol. The molecule has 0 saturated heterocycles. The van der Waals surface area contributed by atoms with Crippen molar-refractivity contribution in [2.24, 2.45) is 5.84 Å². The zero-order chi connectivity index (χ0) is 15.7. The molecule has 1 rings (SSSR count). The van der Waals surface area contributed by atoms with E-state index in [-0.39, 0.29) is 36.6 Å². The summed E-state index contributed by atoms with van der Waals surface area (Å²) in [6.45, 7) is 0.594. The number of carbonyl (C=O) groups is 4. The van der Waals surface area contributed by atoms with E-state index in [1.165, 1.54) is 12.2 Å². The lowest BCUT2D eigenvalue weighted by molar-refractivity contribution is -0.137. The van der Waals surface area contributed by atoms with Crippen LogP contribution in [0.5, 0.6) is 0 Å². The maximum absolute atomic E-state index is 11.5. The molecule has 8 heteroatoms. The number of unbranched alkanes of at least 4 members (excludes halogenated alkanes) is 2. The average Bonchev–Trinajstić information content (AvgIpc) is 2.79. The van der Waals surface area contributed by atoms with E-state index in [2.05, 4.69) is 10.7 Å². The van der Waals surface area contributed by atoms with Crippen molar-refractivity contribution < 1.29 is 19.2 Å². The molecule has 1 aliphatic rings. The highest BCUT2D eigenvalue weighted by atomic mass is 16.2. The van der Waals surface area contributed by atoms with E-state index in [4.69, 9.17) is 5.84 Å². The molecule has 116 valence electrons. The summed E-state index contributed by atoms with van der Waals surface area (Å²) in [4.78, 5) is 45.9. The lowest BCUT2D eigenvalue weighted by Crippen LogP contribution is -2.35. The Hall–Kier alpha value is -2.22. The van der Waals surface area contributed by atoms with Crippen LogP contribution in [0.2, 0.25) is 0 Å². The van der Waals surface area contributed by atoms with Gasteiger partial charge in [-0.2, -0.15) is 0 Å². The number of amides is 4. The molecule has 0 atom stereocenters. The van der Waals surface area contributed by atoms with E-state index in [0.717, 1.165) is 17.7 Å². The highest BCUT2D eigenvalue weighted by Gasteiger charge is 2.23. The van der Waals surface area contributed by atoms with E-state index in [1.54, 1.807) is 0 Å². The average molecular weight is 296 g/mol. The fourth-order valence-electron chi connectivity index (χ4n) is 1.84. The molecule has 0 aromatic rings. The molecule has 0 spiro atoms. The minimum absolute atomic E-state index is 0.0904. The fourth-order valence-corrected chi connectivity index (χ4v) is 1.84. The van der Waals surface area contributed by atoms with Crippen LogP contribution in [0.1, 0.15) is 32.1 Å². The summed E-state index contributed by atoms with van der Waals surface area (Å²) in [7, 11) is 0. The number of hydrogen-bond acceptors (Lipinski definition) is 5. The van der Waals surface area contributed by atoms with Crippen LogP contribution in [0.3, 0.4) is 0 Å². The highest BCUT2D eigenvalue weighted by molar-refractivity contribution is 6.13. The van der Waals surface area contributed by atoms with Crippen LogP contribution in [0, 0.1) is 0 Å². The van der Waals surface area contributed by atoms with Gasteiger partial charge in [0.1, 0.15) is 0 Å². The summed E-state index contributed by atoms with van der Waals surface area (Å²) in [5.74, 6) is 3.77. The normalized spacial score (nSPS) is 13.7. The molecule has 1 heterocycles. The molecule has 4 N–H and O–H groups in total. The zero-order valence-corrected chi connectivity index (χ0v) is 11.8. The molecular formula is C13H20N4O4. The quantitative estimate of drug-likeness (QED) is 0.165. The van der Waals surface area contributed by atoms with Crippen molar-refractivity contribution in [1.29, 1.82) is 0 Å². The van der Waals surface area contributed by atoms with Gasteiger partial charge < -0.3 is 5.32 Å². The van der Waals surface area contributed by atoms with E-state index in [0.29, 0.717) is 19.4 Å². The van der Waals surface area contributed by atoms with Crippen LogP contribution in [0.25, 0.3) is 0 Å². The minimum atomic E-state index is -0.383. The third kappa shape index (κ3) is 6.17. The summed E-state index contributed by atoms with van der Waals surface area (Å²) in [6, 6.07) is 0. The van der Waals surface area contributed by atoms with Crippen molar-refractivity contribution >= 4 is 23.6 Å². The number of nitrogens with one attached hydrogen (secondary N) is 2. The lowest BCUT2D eigenvalue weighted by atomic mass is 10.2. The van der Waals surface area contributed by atoms with Gasteiger partial charge in [-0.25, -0.2) is 5.84 Å². The number of nitrogens with two attached hydrogens (primary N) is 1. The number of nitrogens with zero attached hydrogens (tertiary/aromatic N) is 1. The van der Waals surface area contributed by atoms with Crippen LogP contribution in [-0.4, -0.2) is 41.6 Å². The molecule has 8 nitrogen and oxygen atoms in total. The number of imide groups is 1. The van der Waals surface area contributed by atoms with Crippen molar-refractivity contribution in [3.63, 3.8) is 0 Å². The van der Waals surface area contributed by atoms with Crippen molar-refractivity contribution in [1.82, 2.24) is 15.6 Å². The number of carbonyl (C=O) groups excluding carboxylic acids is 4. The summed E-state index contributed by atoms with van der Waals surface area (Å²) in [5.41, 5.74) is 2.05. The molecule has 4 amide bonds. The van der Waals surface area contributed by atoms with Gasteiger partial charge in [-0.15, -0.1) is 0 Å². The first-order chi connectivity index (χ1) is 10.0. The van der Waals surface area contributed by atoms with Gasteiger partial charge in [0.05, 0.1) is 0 Å². The standard InChI is InChI=1S/C13H20N4O4/c14-16-11(19)4-2-1-3-8-15-10(18)7-9-17-12(20)5-6-13(17)21/h5-6H,1-4,7-9,14H2,(H,15,18)(H,16,19). The van der Waals surface area contributed by atoms with Crippen molar-refractivity contribution in [2.75, 3.05) is 13.1 Å². The van der Waals surface area contributed by atoms with Crippen molar-refractivity contribution in [3.05, 3.63) is 12.2 Å². The summed E-state index contributed by atoms with van der Waals surface area (Å²) in [6.07, 6.45) is 5.12. The smallest absolute Gasteiger partial charge is 0.253 e. The molecule has 0 saturated carbocycles. The van der Waals surface area contributed by atoms with E-state index in [1.807, 2.05) is 0 Å². The molecule has 0 bridgehead atoms. The Labute approximate surface area is 122 Å². The maximum atomic E-state index is 11.5. The van der Waals surface area contributed by atoms with Crippen LogP contribution >= 0.6 is 0 Å². The third-order valence-electron chi connectivity index (χ3n) is 3.03. The monoisotopic (exact) mass is 296 g/mol. The highest BCUT2D eigenvalue weighted by Crippen LogP contribution is 2.04. The van der Waals surface area contributed by atoms with E-state index >= 15 is 0 Å². The number of rotatable bonds is 9. The summed E-state index contributed by atoms with van der Waals surface area (Å²) >= 11 is 0. The molecule has 1 aliphatic heterocycles. The molecule has 0 radical (unpaired) electrons. The number of hydrazine groups is 1. The van der Waals surface area contributed by atoms with Crippen LogP contribution in [0.15, 0.2) is 12.2 Å².